The zero-order chi connectivity index (χ0) is 17.7. The number of rotatable bonds is 3. The minimum Gasteiger partial charge on any atom is -0.374 e. The van der Waals surface area contributed by atoms with Gasteiger partial charge in [-0.2, -0.15) is 0 Å². The molecule has 1 aliphatic rings. The van der Waals surface area contributed by atoms with Crippen molar-refractivity contribution >= 4 is 11.5 Å². The van der Waals surface area contributed by atoms with Gasteiger partial charge in [-0.1, -0.05) is 13.8 Å². The second kappa shape index (κ2) is 8.08. The largest absolute Gasteiger partial charge is 0.374 e. The molecule has 0 saturated carbocycles. The Balaban J connectivity index is 0.00000100. The van der Waals surface area contributed by atoms with Crippen LogP contribution in [0.1, 0.15) is 37.8 Å². The first-order valence-corrected chi connectivity index (χ1v) is 8.40. The van der Waals surface area contributed by atoms with E-state index in [0.29, 0.717) is 5.56 Å². The molecule has 0 radical (unpaired) electrons. The summed E-state index contributed by atoms with van der Waals surface area (Å²) >= 11 is 0. The molecule has 1 N–H and O–H groups in total. The van der Waals surface area contributed by atoms with E-state index in [9.17, 15) is 8.78 Å². The van der Waals surface area contributed by atoms with Crippen LogP contribution in [-0.2, 0) is 6.42 Å². The number of hydrogen-bond acceptors (Lipinski definition) is 3. The Labute approximate surface area is 142 Å². The second-order valence-electron chi connectivity index (χ2n) is 5.58. The molecule has 24 heavy (non-hydrogen) atoms. The lowest BCUT2D eigenvalue weighted by Gasteiger charge is -2.29. The Morgan fingerprint density at radius 1 is 1.21 bits per heavy atom. The molecule has 0 aliphatic carbocycles. The SMILES string of the molecule is CC.CNc1ccc(-c2cc3c(cc2C(F)F)N(C)CCC3)cn1. The Morgan fingerprint density at radius 2 is 1.96 bits per heavy atom. The van der Waals surface area contributed by atoms with Crippen LogP contribution in [0.4, 0.5) is 20.3 Å². The lowest BCUT2D eigenvalue weighted by molar-refractivity contribution is 0.152. The molecule has 0 amide bonds. The smallest absolute Gasteiger partial charge is 0.264 e. The summed E-state index contributed by atoms with van der Waals surface area (Å²) in [6.45, 7) is 4.91. The third kappa shape index (κ3) is 3.66. The summed E-state index contributed by atoms with van der Waals surface area (Å²) in [6.07, 6.45) is 1.12. The van der Waals surface area contributed by atoms with E-state index in [0.717, 1.165) is 42.0 Å². The normalized spacial score (nSPS) is 13.2. The highest BCUT2D eigenvalue weighted by Gasteiger charge is 2.21. The summed E-state index contributed by atoms with van der Waals surface area (Å²) < 4.78 is 27.0. The fourth-order valence-electron chi connectivity index (χ4n) is 2.96. The summed E-state index contributed by atoms with van der Waals surface area (Å²) in [5, 5.41) is 2.93. The number of fused-ring (bicyclic) bond motifs is 1. The zero-order valence-corrected chi connectivity index (χ0v) is 14.7. The van der Waals surface area contributed by atoms with Crippen LogP contribution in [0, 0.1) is 0 Å². The molecule has 0 atom stereocenters. The summed E-state index contributed by atoms with van der Waals surface area (Å²) in [5.74, 6) is 0.722. The van der Waals surface area contributed by atoms with Crippen LogP contribution in [-0.4, -0.2) is 25.6 Å². The van der Waals surface area contributed by atoms with Gasteiger partial charge in [-0.05, 0) is 48.2 Å². The molecular weight excluding hydrogens is 308 g/mol. The first-order valence-electron chi connectivity index (χ1n) is 8.40. The third-order valence-corrected chi connectivity index (χ3v) is 4.17. The maximum absolute atomic E-state index is 13.5. The van der Waals surface area contributed by atoms with Crippen molar-refractivity contribution in [3.8, 4) is 11.1 Å². The quantitative estimate of drug-likeness (QED) is 0.843. The molecule has 1 aliphatic heterocycles. The van der Waals surface area contributed by atoms with Gasteiger partial charge in [-0.15, -0.1) is 0 Å². The molecule has 2 heterocycles. The van der Waals surface area contributed by atoms with Gasteiger partial charge in [0.15, 0.2) is 0 Å². The Morgan fingerprint density at radius 3 is 2.54 bits per heavy atom. The number of aromatic nitrogens is 1. The van der Waals surface area contributed by atoms with Gasteiger partial charge in [0.05, 0.1) is 0 Å². The molecule has 0 spiro atoms. The highest BCUT2D eigenvalue weighted by Crippen LogP contribution is 2.38. The summed E-state index contributed by atoms with van der Waals surface area (Å²) in [6, 6.07) is 7.18. The number of nitrogens with zero attached hydrogens (tertiary/aromatic N) is 2. The van der Waals surface area contributed by atoms with Crippen molar-refractivity contribution in [1.82, 2.24) is 4.98 Å². The van der Waals surface area contributed by atoms with E-state index < -0.39 is 6.43 Å². The van der Waals surface area contributed by atoms with E-state index in [1.807, 2.05) is 33.0 Å². The van der Waals surface area contributed by atoms with E-state index in [1.165, 1.54) is 0 Å². The van der Waals surface area contributed by atoms with Gasteiger partial charge in [-0.3, -0.25) is 0 Å². The average molecular weight is 333 g/mol. The van der Waals surface area contributed by atoms with E-state index in [2.05, 4.69) is 15.2 Å². The van der Waals surface area contributed by atoms with Crippen molar-refractivity contribution in [2.45, 2.75) is 33.1 Å². The molecule has 0 saturated heterocycles. The summed E-state index contributed by atoms with van der Waals surface area (Å²) in [5.41, 5.74) is 3.44. The van der Waals surface area contributed by atoms with Crippen LogP contribution in [0.15, 0.2) is 30.5 Å². The number of pyridine rings is 1. The van der Waals surface area contributed by atoms with Crippen LogP contribution in [0.25, 0.3) is 11.1 Å². The van der Waals surface area contributed by atoms with Crippen molar-refractivity contribution in [3.05, 3.63) is 41.6 Å². The fourth-order valence-corrected chi connectivity index (χ4v) is 2.96. The maximum atomic E-state index is 13.5. The molecule has 3 rings (SSSR count). The van der Waals surface area contributed by atoms with E-state index in [-0.39, 0.29) is 5.56 Å². The molecular formula is C19H25F2N3. The first-order chi connectivity index (χ1) is 11.6. The van der Waals surface area contributed by atoms with Gasteiger partial charge in [0, 0.05) is 43.7 Å². The molecule has 0 fully saturated rings. The Bertz CT molecular complexity index is 669. The number of aryl methyl sites for hydroxylation is 1. The topological polar surface area (TPSA) is 28.2 Å². The molecule has 0 bridgehead atoms. The summed E-state index contributed by atoms with van der Waals surface area (Å²) in [4.78, 5) is 6.29. The van der Waals surface area contributed by atoms with Crippen molar-refractivity contribution in [3.63, 3.8) is 0 Å². The first kappa shape index (κ1) is 18.2. The standard InChI is InChI=1S/C17H19F2N3.C2H6/c1-20-16-6-5-12(10-21-16)13-8-11-4-3-7-22(2)15(11)9-14(13)17(18)19;1-2/h5-6,8-10,17H,3-4,7H2,1-2H3,(H,20,21);1-2H3. The van der Waals surface area contributed by atoms with Crippen molar-refractivity contribution < 1.29 is 8.78 Å². The number of anilines is 2. The molecule has 1 aromatic carbocycles. The monoisotopic (exact) mass is 333 g/mol. The number of halogens is 2. The Kier molecular flexibility index (Phi) is 6.12. The van der Waals surface area contributed by atoms with Gasteiger partial charge in [-0.25, -0.2) is 13.8 Å². The minimum atomic E-state index is -2.50. The van der Waals surface area contributed by atoms with Crippen LogP contribution in [0.5, 0.6) is 0 Å². The van der Waals surface area contributed by atoms with Crippen LogP contribution < -0.4 is 10.2 Å². The predicted octanol–water partition coefficient (Wildman–Crippen LogP) is 5.14. The van der Waals surface area contributed by atoms with Crippen LogP contribution in [0.2, 0.25) is 0 Å². The highest BCUT2D eigenvalue weighted by molar-refractivity contribution is 5.74. The fraction of sp³-hybridized carbons (Fsp3) is 0.421. The maximum Gasteiger partial charge on any atom is 0.264 e. The second-order valence-corrected chi connectivity index (χ2v) is 5.58. The number of hydrogen-bond donors (Lipinski definition) is 1. The van der Waals surface area contributed by atoms with Gasteiger partial charge in [0.2, 0.25) is 0 Å². The van der Waals surface area contributed by atoms with Crippen molar-refractivity contribution in [2.24, 2.45) is 0 Å². The van der Waals surface area contributed by atoms with Gasteiger partial charge < -0.3 is 10.2 Å². The molecule has 0 unspecified atom stereocenters. The summed E-state index contributed by atoms with van der Waals surface area (Å²) in [7, 11) is 3.73. The molecule has 2 aromatic rings. The molecule has 3 nitrogen and oxygen atoms in total. The van der Waals surface area contributed by atoms with Crippen LogP contribution in [0.3, 0.4) is 0 Å². The molecule has 5 heteroatoms. The van der Waals surface area contributed by atoms with Gasteiger partial charge in [0.25, 0.3) is 6.43 Å². The number of alkyl halides is 2. The van der Waals surface area contributed by atoms with E-state index in [1.54, 1.807) is 25.4 Å². The average Bonchev–Trinajstić information content (AvgIpc) is 2.63. The lowest BCUT2D eigenvalue weighted by atomic mass is 9.93. The highest BCUT2D eigenvalue weighted by atomic mass is 19.3. The van der Waals surface area contributed by atoms with E-state index >= 15 is 0 Å². The minimum absolute atomic E-state index is 0.0755. The number of benzene rings is 1. The lowest BCUT2D eigenvalue weighted by Crippen LogP contribution is -2.25. The van der Waals surface area contributed by atoms with E-state index in [4.69, 9.17) is 0 Å². The Hall–Kier alpha value is -2.17. The van der Waals surface area contributed by atoms with Crippen molar-refractivity contribution in [1.29, 1.82) is 0 Å². The van der Waals surface area contributed by atoms with Gasteiger partial charge >= 0.3 is 0 Å². The third-order valence-electron chi connectivity index (χ3n) is 4.17. The predicted molar refractivity (Wildman–Crippen MR) is 97.1 cm³/mol. The van der Waals surface area contributed by atoms with Crippen molar-refractivity contribution in [2.75, 3.05) is 30.9 Å². The number of nitrogens with one attached hydrogen (secondary N) is 1. The van der Waals surface area contributed by atoms with Gasteiger partial charge in [0.1, 0.15) is 5.82 Å². The van der Waals surface area contributed by atoms with Crippen LogP contribution >= 0.6 is 0 Å². The molecule has 130 valence electrons. The zero-order valence-electron chi connectivity index (χ0n) is 14.7. The molecule has 1 aromatic heterocycles.